The summed E-state index contributed by atoms with van der Waals surface area (Å²) in [6, 6.07) is 13.0. The first kappa shape index (κ1) is 18.2. The standard InChI is InChI=1S/C23H25N3O3/c1-14(19-7-4-5-11-24-19)25-21(27)18-12-16-10-9-15(18)13-23(16)26-22(28)17-6-2-3-8-20(17)29-23/h2-8,11,14-16,18H,9-10,12-13H2,1H3,(H,25,27)(H,26,28)/t14-,15-,16+,18+,23+/m0/s1. The molecule has 4 aliphatic rings. The Morgan fingerprint density at radius 2 is 2.07 bits per heavy atom. The summed E-state index contributed by atoms with van der Waals surface area (Å²) in [7, 11) is 0. The van der Waals surface area contributed by atoms with Gasteiger partial charge in [-0.3, -0.25) is 14.6 Å². The van der Waals surface area contributed by atoms with E-state index in [1.807, 2.05) is 43.3 Å². The maximum absolute atomic E-state index is 13.0. The molecule has 2 aromatic rings. The highest BCUT2D eigenvalue weighted by Gasteiger charge is 2.57. The molecule has 3 aliphatic carbocycles. The van der Waals surface area contributed by atoms with Gasteiger partial charge in [0.15, 0.2) is 5.72 Å². The van der Waals surface area contributed by atoms with Gasteiger partial charge in [-0.05, 0) is 56.4 Å². The first-order valence-corrected chi connectivity index (χ1v) is 10.4. The summed E-state index contributed by atoms with van der Waals surface area (Å²) in [5.74, 6) is 0.920. The maximum Gasteiger partial charge on any atom is 0.258 e. The number of fused-ring (bicyclic) bond motifs is 3. The zero-order valence-corrected chi connectivity index (χ0v) is 16.4. The van der Waals surface area contributed by atoms with E-state index in [0.29, 0.717) is 17.7 Å². The van der Waals surface area contributed by atoms with E-state index >= 15 is 0 Å². The largest absolute Gasteiger partial charge is 0.467 e. The minimum Gasteiger partial charge on any atom is -0.467 e. The van der Waals surface area contributed by atoms with Crippen LogP contribution in [-0.2, 0) is 4.79 Å². The Bertz CT molecular complexity index is 947. The van der Waals surface area contributed by atoms with E-state index in [4.69, 9.17) is 4.74 Å². The number of aromatic nitrogens is 1. The SMILES string of the molecule is C[C@H](NC(=O)[C@@H]1C[C@H]2CC[C@H]1C[C@]21NC(=O)c2ccccc2O1)c1ccccn1. The number of nitrogens with one attached hydrogen (secondary N) is 2. The number of hydrogen-bond acceptors (Lipinski definition) is 4. The molecule has 1 spiro atoms. The molecule has 0 saturated heterocycles. The van der Waals surface area contributed by atoms with Gasteiger partial charge in [-0.2, -0.15) is 0 Å². The lowest BCUT2D eigenvalue weighted by molar-refractivity contribution is -0.147. The van der Waals surface area contributed by atoms with Crippen LogP contribution in [0, 0.1) is 17.8 Å². The van der Waals surface area contributed by atoms with Gasteiger partial charge in [-0.25, -0.2) is 0 Å². The monoisotopic (exact) mass is 391 g/mol. The van der Waals surface area contributed by atoms with E-state index < -0.39 is 5.72 Å². The predicted molar refractivity (Wildman–Crippen MR) is 107 cm³/mol. The van der Waals surface area contributed by atoms with Crippen molar-refractivity contribution in [2.75, 3.05) is 0 Å². The Labute approximate surface area is 170 Å². The second-order valence-corrected chi connectivity index (χ2v) is 8.51. The molecule has 2 amide bonds. The van der Waals surface area contributed by atoms with Gasteiger partial charge >= 0.3 is 0 Å². The maximum atomic E-state index is 13.0. The van der Waals surface area contributed by atoms with Crippen LogP contribution in [0.1, 0.15) is 54.7 Å². The predicted octanol–water partition coefficient (Wildman–Crippen LogP) is 3.21. The van der Waals surface area contributed by atoms with Crippen molar-refractivity contribution in [3.8, 4) is 5.75 Å². The number of ether oxygens (including phenoxy) is 1. The highest BCUT2D eigenvalue weighted by Crippen LogP contribution is 2.52. The number of rotatable bonds is 3. The van der Waals surface area contributed by atoms with Crippen molar-refractivity contribution >= 4 is 11.8 Å². The second kappa shape index (κ2) is 6.87. The van der Waals surface area contributed by atoms with Crippen LogP contribution in [0.15, 0.2) is 48.7 Å². The van der Waals surface area contributed by atoms with Gasteiger partial charge in [0, 0.05) is 24.5 Å². The highest BCUT2D eigenvalue weighted by atomic mass is 16.5. The van der Waals surface area contributed by atoms with E-state index in [1.165, 1.54) is 0 Å². The number of carbonyl (C=O) groups excluding carboxylic acids is 2. The van der Waals surface area contributed by atoms with E-state index in [0.717, 1.165) is 25.0 Å². The Balaban J connectivity index is 1.32. The third-order valence-electron chi connectivity index (χ3n) is 6.79. The molecular formula is C23H25N3O3. The molecule has 2 heterocycles. The molecule has 1 aromatic heterocycles. The van der Waals surface area contributed by atoms with Gasteiger partial charge < -0.3 is 15.4 Å². The molecule has 2 bridgehead atoms. The number of pyridine rings is 1. The average molecular weight is 391 g/mol. The van der Waals surface area contributed by atoms with Crippen LogP contribution in [0.2, 0.25) is 0 Å². The Hall–Kier alpha value is -2.89. The minimum atomic E-state index is -0.683. The Morgan fingerprint density at radius 3 is 2.83 bits per heavy atom. The van der Waals surface area contributed by atoms with Crippen molar-refractivity contribution in [3.63, 3.8) is 0 Å². The molecule has 3 saturated carbocycles. The molecule has 0 radical (unpaired) electrons. The fourth-order valence-corrected chi connectivity index (χ4v) is 5.31. The molecule has 6 nitrogen and oxygen atoms in total. The van der Waals surface area contributed by atoms with Gasteiger partial charge in [0.05, 0.1) is 17.3 Å². The summed E-state index contributed by atoms with van der Waals surface area (Å²) in [6.45, 7) is 1.96. The molecule has 29 heavy (non-hydrogen) atoms. The van der Waals surface area contributed by atoms with Crippen LogP contribution in [0.4, 0.5) is 0 Å². The lowest BCUT2D eigenvalue weighted by Crippen LogP contribution is -2.67. The molecule has 6 rings (SSSR count). The lowest BCUT2D eigenvalue weighted by Gasteiger charge is -2.55. The van der Waals surface area contributed by atoms with Crippen LogP contribution >= 0.6 is 0 Å². The van der Waals surface area contributed by atoms with Crippen molar-refractivity contribution in [2.45, 2.75) is 44.4 Å². The average Bonchev–Trinajstić information content (AvgIpc) is 2.74. The quantitative estimate of drug-likeness (QED) is 0.842. The van der Waals surface area contributed by atoms with Crippen molar-refractivity contribution in [3.05, 3.63) is 59.9 Å². The number of para-hydroxylation sites is 1. The molecule has 6 heteroatoms. The van der Waals surface area contributed by atoms with E-state index in [2.05, 4.69) is 15.6 Å². The van der Waals surface area contributed by atoms with Gasteiger partial charge in [0.2, 0.25) is 5.91 Å². The molecule has 5 atom stereocenters. The minimum absolute atomic E-state index is 0.0526. The molecule has 150 valence electrons. The summed E-state index contributed by atoms with van der Waals surface area (Å²) in [6.07, 6.45) is 5.10. The van der Waals surface area contributed by atoms with Crippen molar-refractivity contribution < 1.29 is 14.3 Å². The van der Waals surface area contributed by atoms with E-state index in [-0.39, 0.29) is 35.6 Å². The van der Waals surface area contributed by atoms with E-state index in [9.17, 15) is 9.59 Å². The number of benzene rings is 1. The fourth-order valence-electron chi connectivity index (χ4n) is 5.31. The van der Waals surface area contributed by atoms with Crippen LogP contribution < -0.4 is 15.4 Å². The molecule has 2 N–H and O–H groups in total. The van der Waals surface area contributed by atoms with Crippen LogP contribution in [0.3, 0.4) is 0 Å². The van der Waals surface area contributed by atoms with Gasteiger partial charge in [0.1, 0.15) is 5.75 Å². The summed E-state index contributed by atoms with van der Waals surface area (Å²) in [5, 5.41) is 6.28. The van der Waals surface area contributed by atoms with Crippen molar-refractivity contribution in [1.29, 1.82) is 0 Å². The van der Waals surface area contributed by atoms with Crippen LogP contribution in [0.5, 0.6) is 5.75 Å². The lowest BCUT2D eigenvalue weighted by atomic mass is 9.60. The summed E-state index contributed by atoms with van der Waals surface area (Å²) in [5.41, 5.74) is 0.758. The highest BCUT2D eigenvalue weighted by molar-refractivity contribution is 5.98. The van der Waals surface area contributed by atoms with Gasteiger partial charge in [-0.1, -0.05) is 18.2 Å². The number of hydrogen-bond donors (Lipinski definition) is 2. The Morgan fingerprint density at radius 1 is 1.24 bits per heavy atom. The number of amides is 2. The third kappa shape index (κ3) is 3.07. The zero-order valence-electron chi connectivity index (χ0n) is 16.4. The number of carbonyl (C=O) groups is 2. The first-order chi connectivity index (χ1) is 14.1. The number of nitrogens with zero attached hydrogens (tertiary/aromatic N) is 1. The van der Waals surface area contributed by atoms with Gasteiger partial charge in [0.25, 0.3) is 5.91 Å². The van der Waals surface area contributed by atoms with Crippen molar-refractivity contribution in [1.82, 2.24) is 15.6 Å². The zero-order chi connectivity index (χ0) is 20.0. The molecule has 1 aliphatic heterocycles. The molecule has 3 fully saturated rings. The van der Waals surface area contributed by atoms with Gasteiger partial charge in [-0.15, -0.1) is 0 Å². The fraction of sp³-hybridized carbons (Fsp3) is 0.435. The summed E-state index contributed by atoms with van der Waals surface area (Å²) in [4.78, 5) is 30.1. The first-order valence-electron chi connectivity index (χ1n) is 10.4. The second-order valence-electron chi connectivity index (χ2n) is 8.51. The van der Waals surface area contributed by atoms with Crippen LogP contribution in [0.25, 0.3) is 0 Å². The van der Waals surface area contributed by atoms with Crippen LogP contribution in [-0.4, -0.2) is 22.5 Å². The van der Waals surface area contributed by atoms with Crippen molar-refractivity contribution in [2.24, 2.45) is 17.8 Å². The molecule has 1 aromatic carbocycles. The summed E-state index contributed by atoms with van der Waals surface area (Å²) >= 11 is 0. The summed E-state index contributed by atoms with van der Waals surface area (Å²) < 4.78 is 6.37. The third-order valence-corrected chi connectivity index (χ3v) is 6.79. The topological polar surface area (TPSA) is 80.3 Å². The Kier molecular flexibility index (Phi) is 4.30. The molecular weight excluding hydrogens is 366 g/mol. The smallest absolute Gasteiger partial charge is 0.258 e. The normalized spacial score (nSPS) is 30.8. The van der Waals surface area contributed by atoms with E-state index in [1.54, 1.807) is 12.3 Å². The molecule has 0 unspecified atom stereocenters.